The highest BCUT2D eigenvalue weighted by atomic mass is 32.1. The van der Waals surface area contributed by atoms with E-state index in [9.17, 15) is 14.4 Å². The highest BCUT2D eigenvalue weighted by molar-refractivity contribution is 7.15. The Labute approximate surface area is 153 Å². The lowest BCUT2D eigenvalue weighted by molar-refractivity contribution is -0.118. The Bertz CT molecular complexity index is 1010. The molecule has 1 amide bonds. The number of nitrogens with zero attached hydrogens (tertiary/aromatic N) is 2. The quantitative estimate of drug-likeness (QED) is 0.697. The van der Waals surface area contributed by atoms with Gasteiger partial charge in [-0.3, -0.25) is 14.0 Å². The number of nitrogens with one attached hydrogen (secondary N) is 1. The number of carbonyl (C=O) groups excluding carboxylic acids is 2. The first-order chi connectivity index (χ1) is 12.4. The first-order valence-corrected chi connectivity index (χ1v) is 8.86. The van der Waals surface area contributed by atoms with Crippen molar-refractivity contribution in [1.82, 2.24) is 9.38 Å². The number of anilines is 1. The van der Waals surface area contributed by atoms with Crippen molar-refractivity contribution in [2.75, 3.05) is 5.32 Å². The largest absolute Gasteiger partial charge is 0.456 e. The maximum absolute atomic E-state index is 12.1. The van der Waals surface area contributed by atoms with Crippen molar-refractivity contribution < 1.29 is 14.3 Å². The van der Waals surface area contributed by atoms with Crippen molar-refractivity contribution in [3.63, 3.8) is 0 Å². The van der Waals surface area contributed by atoms with E-state index in [-0.39, 0.29) is 24.0 Å². The van der Waals surface area contributed by atoms with E-state index >= 15 is 0 Å². The Morgan fingerprint density at radius 2 is 2.00 bits per heavy atom. The van der Waals surface area contributed by atoms with Gasteiger partial charge < -0.3 is 10.1 Å². The first-order valence-electron chi connectivity index (χ1n) is 7.98. The Kier molecular flexibility index (Phi) is 5.13. The van der Waals surface area contributed by atoms with Crippen LogP contribution in [0.1, 0.15) is 29.9 Å². The van der Waals surface area contributed by atoms with E-state index in [1.54, 1.807) is 49.7 Å². The molecule has 0 radical (unpaired) electrons. The average molecular weight is 371 g/mol. The Morgan fingerprint density at radius 3 is 2.69 bits per heavy atom. The van der Waals surface area contributed by atoms with Crippen LogP contribution < -0.4 is 10.9 Å². The second-order valence-corrected chi connectivity index (χ2v) is 6.81. The number of thiazole rings is 1. The van der Waals surface area contributed by atoms with Gasteiger partial charge in [0.25, 0.3) is 5.56 Å². The topological polar surface area (TPSA) is 89.8 Å². The number of fused-ring (bicyclic) bond motifs is 1. The molecular weight excluding hydrogens is 354 g/mol. The molecule has 7 nitrogen and oxygen atoms in total. The van der Waals surface area contributed by atoms with Gasteiger partial charge in [-0.1, -0.05) is 13.8 Å². The zero-order valence-corrected chi connectivity index (χ0v) is 15.1. The third-order valence-corrected chi connectivity index (χ3v) is 4.38. The van der Waals surface area contributed by atoms with E-state index in [4.69, 9.17) is 4.74 Å². The molecule has 8 heteroatoms. The smallest absolute Gasteiger partial charge is 0.338 e. The Balaban J connectivity index is 1.64. The summed E-state index contributed by atoms with van der Waals surface area (Å²) in [6, 6.07) is 7.77. The summed E-state index contributed by atoms with van der Waals surface area (Å²) in [6.07, 6.45) is 1.64. The molecule has 1 aromatic carbocycles. The summed E-state index contributed by atoms with van der Waals surface area (Å²) in [5, 5.41) is 4.51. The Morgan fingerprint density at radius 1 is 1.27 bits per heavy atom. The van der Waals surface area contributed by atoms with Gasteiger partial charge >= 0.3 is 5.97 Å². The minimum absolute atomic E-state index is 0.0890. The molecule has 134 valence electrons. The van der Waals surface area contributed by atoms with Crippen molar-refractivity contribution >= 4 is 33.9 Å². The van der Waals surface area contributed by atoms with Crippen molar-refractivity contribution in [3.05, 3.63) is 63.5 Å². The molecule has 1 N–H and O–H groups in total. The third-order valence-electron chi connectivity index (χ3n) is 3.62. The van der Waals surface area contributed by atoms with E-state index in [1.165, 1.54) is 21.8 Å². The molecule has 26 heavy (non-hydrogen) atoms. The van der Waals surface area contributed by atoms with Crippen LogP contribution in [0.3, 0.4) is 0 Å². The predicted molar refractivity (Wildman–Crippen MR) is 98.4 cm³/mol. The summed E-state index contributed by atoms with van der Waals surface area (Å²) >= 11 is 1.33. The van der Waals surface area contributed by atoms with Crippen LogP contribution in [-0.4, -0.2) is 21.3 Å². The number of hydrogen-bond donors (Lipinski definition) is 1. The molecule has 0 atom stereocenters. The molecule has 0 unspecified atom stereocenters. The van der Waals surface area contributed by atoms with Crippen LogP contribution in [-0.2, 0) is 16.1 Å². The number of amides is 1. The maximum atomic E-state index is 12.1. The van der Waals surface area contributed by atoms with E-state index < -0.39 is 5.97 Å². The predicted octanol–water partition coefficient (Wildman–Crippen LogP) is 2.71. The van der Waals surface area contributed by atoms with Gasteiger partial charge in [-0.25, -0.2) is 9.78 Å². The van der Waals surface area contributed by atoms with Crippen molar-refractivity contribution in [3.8, 4) is 0 Å². The van der Waals surface area contributed by atoms with E-state index in [1.807, 2.05) is 0 Å². The lowest BCUT2D eigenvalue weighted by atomic mass is 10.2. The van der Waals surface area contributed by atoms with E-state index in [0.717, 1.165) is 0 Å². The highest BCUT2D eigenvalue weighted by Gasteiger charge is 2.11. The summed E-state index contributed by atoms with van der Waals surface area (Å²) in [7, 11) is 0. The molecule has 0 saturated carbocycles. The number of benzene rings is 1. The SMILES string of the molecule is CC(C)C(=O)Nc1ccc(C(=O)OCc2cc(=O)n3ccsc3n2)cc1. The van der Waals surface area contributed by atoms with E-state index in [0.29, 0.717) is 21.9 Å². The first kappa shape index (κ1) is 17.8. The van der Waals surface area contributed by atoms with Gasteiger partial charge in [0.2, 0.25) is 5.91 Å². The fraction of sp³-hybridized carbons (Fsp3) is 0.222. The molecule has 0 aliphatic rings. The van der Waals surface area contributed by atoms with Gasteiger partial charge in [0.15, 0.2) is 4.96 Å². The van der Waals surface area contributed by atoms with Crippen LogP contribution in [0.2, 0.25) is 0 Å². The monoisotopic (exact) mass is 371 g/mol. The summed E-state index contributed by atoms with van der Waals surface area (Å²) in [4.78, 5) is 40.5. The van der Waals surface area contributed by atoms with Gasteiger partial charge in [-0.2, -0.15) is 0 Å². The van der Waals surface area contributed by atoms with Gasteiger partial charge in [0.1, 0.15) is 6.61 Å². The van der Waals surface area contributed by atoms with Gasteiger partial charge in [-0.15, -0.1) is 11.3 Å². The molecule has 0 bridgehead atoms. The number of hydrogen-bond acceptors (Lipinski definition) is 6. The van der Waals surface area contributed by atoms with Gasteiger partial charge in [0.05, 0.1) is 11.3 Å². The number of esters is 1. The summed E-state index contributed by atoms with van der Waals surface area (Å²) in [5.74, 6) is -0.751. The molecule has 0 spiro atoms. The second kappa shape index (κ2) is 7.49. The second-order valence-electron chi connectivity index (χ2n) is 5.94. The minimum atomic E-state index is -0.528. The van der Waals surface area contributed by atoms with Gasteiger partial charge in [0, 0.05) is 29.2 Å². The number of carbonyl (C=O) groups is 2. The van der Waals surface area contributed by atoms with Crippen LogP contribution >= 0.6 is 11.3 Å². The highest BCUT2D eigenvalue weighted by Crippen LogP contribution is 2.13. The molecule has 0 saturated heterocycles. The average Bonchev–Trinajstić information content (AvgIpc) is 3.09. The number of ether oxygens (including phenoxy) is 1. The van der Waals surface area contributed by atoms with E-state index in [2.05, 4.69) is 10.3 Å². The van der Waals surface area contributed by atoms with Crippen LogP contribution in [0.5, 0.6) is 0 Å². The third kappa shape index (κ3) is 3.97. The molecule has 2 heterocycles. The van der Waals surface area contributed by atoms with Crippen molar-refractivity contribution in [1.29, 1.82) is 0 Å². The van der Waals surface area contributed by atoms with Gasteiger partial charge in [-0.05, 0) is 24.3 Å². The Hall–Kier alpha value is -3.00. The zero-order chi connectivity index (χ0) is 18.7. The number of aromatic nitrogens is 2. The van der Waals surface area contributed by atoms with Crippen molar-refractivity contribution in [2.45, 2.75) is 20.5 Å². The van der Waals surface area contributed by atoms with Crippen LogP contribution in [0.4, 0.5) is 5.69 Å². The van der Waals surface area contributed by atoms with Crippen LogP contribution in [0, 0.1) is 5.92 Å². The fourth-order valence-electron chi connectivity index (χ4n) is 2.16. The van der Waals surface area contributed by atoms with Crippen LogP contribution in [0.15, 0.2) is 46.7 Å². The zero-order valence-electron chi connectivity index (χ0n) is 14.3. The lowest BCUT2D eigenvalue weighted by Crippen LogP contribution is -2.17. The molecular formula is C18H17N3O4S. The molecule has 0 aliphatic heterocycles. The number of rotatable bonds is 5. The standard InChI is InChI=1S/C18H17N3O4S/c1-11(2)16(23)19-13-5-3-12(4-6-13)17(24)25-10-14-9-15(22)21-7-8-26-18(21)20-14/h3-9,11H,10H2,1-2H3,(H,19,23). The minimum Gasteiger partial charge on any atom is -0.456 e. The summed E-state index contributed by atoms with van der Waals surface area (Å²) in [6.45, 7) is 3.51. The summed E-state index contributed by atoms with van der Waals surface area (Å²) < 4.78 is 6.65. The van der Waals surface area contributed by atoms with Crippen LogP contribution in [0.25, 0.3) is 4.96 Å². The lowest BCUT2D eigenvalue weighted by Gasteiger charge is -2.08. The normalized spacial score (nSPS) is 10.9. The molecule has 2 aromatic heterocycles. The molecule has 0 fully saturated rings. The molecule has 3 aromatic rings. The summed E-state index contributed by atoms with van der Waals surface area (Å²) in [5.41, 5.74) is 1.14. The maximum Gasteiger partial charge on any atom is 0.338 e. The molecule has 3 rings (SSSR count). The fourth-order valence-corrected chi connectivity index (χ4v) is 2.90. The molecule has 0 aliphatic carbocycles. The van der Waals surface area contributed by atoms with Crippen molar-refractivity contribution in [2.24, 2.45) is 5.92 Å².